The second-order valence-corrected chi connectivity index (χ2v) is 5.62. The molecule has 5 heteroatoms. The van der Waals surface area contributed by atoms with Crippen LogP contribution in [0.3, 0.4) is 0 Å². The zero-order valence-corrected chi connectivity index (χ0v) is 11.8. The number of aliphatic hydroxyl groups is 1. The molecule has 1 aromatic carbocycles. The molecule has 0 spiro atoms. The van der Waals surface area contributed by atoms with E-state index in [1.807, 2.05) is 24.3 Å². The van der Waals surface area contributed by atoms with Crippen molar-refractivity contribution >= 4 is 16.6 Å². The van der Waals surface area contributed by atoms with Gasteiger partial charge < -0.3 is 10.4 Å². The number of hydrogen-bond donors (Lipinski definition) is 2. The number of nitrogens with one attached hydrogen (secondary N) is 1. The van der Waals surface area contributed by atoms with Gasteiger partial charge in [-0.15, -0.1) is 10.2 Å². The third-order valence-corrected chi connectivity index (χ3v) is 4.10. The van der Waals surface area contributed by atoms with Crippen LogP contribution >= 0.6 is 0 Å². The normalized spacial score (nSPS) is 21.9. The van der Waals surface area contributed by atoms with Gasteiger partial charge in [-0.05, 0) is 31.2 Å². The zero-order chi connectivity index (χ0) is 14.7. The standard InChI is InChI=1S/C16H18N4O/c17-9-15-16(13-6-1-2-7-14(13)19-20-15)18-10-11-4-3-5-12(21)8-11/h1-2,6-7,11-12,21H,3-5,8,10H2,(H,18,19). The Morgan fingerprint density at radius 2 is 2.14 bits per heavy atom. The maximum atomic E-state index is 9.75. The van der Waals surface area contributed by atoms with Crippen LogP contribution in [0.1, 0.15) is 31.4 Å². The maximum absolute atomic E-state index is 9.75. The third-order valence-electron chi connectivity index (χ3n) is 4.10. The van der Waals surface area contributed by atoms with Crippen LogP contribution in [0.15, 0.2) is 24.3 Å². The van der Waals surface area contributed by atoms with Gasteiger partial charge in [0.05, 0.1) is 17.3 Å². The summed E-state index contributed by atoms with van der Waals surface area (Å²) >= 11 is 0. The number of hydrogen-bond acceptors (Lipinski definition) is 5. The minimum absolute atomic E-state index is 0.187. The van der Waals surface area contributed by atoms with Crippen LogP contribution in [-0.4, -0.2) is 28.0 Å². The van der Waals surface area contributed by atoms with Crippen molar-refractivity contribution in [3.8, 4) is 6.07 Å². The predicted molar refractivity (Wildman–Crippen MR) is 80.7 cm³/mol. The summed E-state index contributed by atoms with van der Waals surface area (Å²) in [5, 5.41) is 31.3. The van der Waals surface area contributed by atoms with Crippen LogP contribution in [0, 0.1) is 17.2 Å². The highest BCUT2D eigenvalue weighted by molar-refractivity contribution is 5.92. The van der Waals surface area contributed by atoms with Crippen molar-refractivity contribution in [1.29, 1.82) is 5.26 Å². The molecule has 2 atom stereocenters. The SMILES string of the molecule is N#Cc1nnc2ccccc2c1NCC1CCCC(O)C1. The van der Waals surface area contributed by atoms with Gasteiger partial charge in [-0.1, -0.05) is 24.6 Å². The highest BCUT2D eigenvalue weighted by atomic mass is 16.3. The molecular weight excluding hydrogens is 264 g/mol. The molecule has 1 aliphatic rings. The first-order chi connectivity index (χ1) is 10.3. The Morgan fingerprint density at radius 3 is 2.95 bits per heavy atom. The summed E-state index contributed by atoms with van der Waals surface area (Å²) in [6.45, 7) is 0.751. The van der Waals surface area contributed by atoms with Crippen LogP contribution in [-0.2, 0) is 0 Å². The summed E-state index contributed by atoms with van der Waals surface area (Å²) in [6.07, 6.45) is 3.72. The number of anilines is 1. The van der Waals surface area contributed by atoms with Gasteiger partial charge in [0.2, 0.25) is 0 Å². The summed E-state index contributed by atoms with van der Waals surface area (Å²) in [7, 11) is 0. The monoisotopic (exact) mass is 282 g/mol. The molecule has 2 N–H and O–H groups in total. The fourth-order valence-electron chi connectivity index (χ4n) is 3.01. The van der Waals surface area contributed by atoms with E-state index in [9.17, 15) is 10.4 Å². The average Bonchev–Trinajstić information content (AvgIpc) is 2.52. The van der Waals surface area contributed by atoms with Crippen LogP contribution < -0.4 is 5.32 Å². The maximum Gasteiger partial charge on any atom is 0.186 e. The van der Waals surface area contributed by atoms with Crippen LogP contribution in [0.2, 0.25) is 0 Å². The number of nitrogens with zero attached hydrogens (tertiary/aromatic N) is 3. The third kappa shape index (κ3) is 2.96. The minimum atomic E-state index is -0.187. The second-order valence-electron chi connectivity index (χ2n) is 5.62. The molecule has 5 nitrogen and oxygen atoms in total. The molecule has 3 rings (SSSR count). The van der Waals surface area contributed by atoms with E-state index in [-0.39, 0.29) is 6.10 Å². The number of fused-ring (bicyclic) bond motifs is 1. The van der Waals surface area contributed by atoms with Crippen molar-refractivity contribution in [3.63, 3.8) is 0 Å². The van der Waals surface area contributed by atoms with Gasteiger partial charge in [0.25, 0.3) is 0 Å². The van der Waals surface area contributed by atoms with Gasteiger partial charge in [-0.2, -0.15) is 5.26 Å². The number of aromatic nitrogens is 2. The molecule has 1 aliphatic carbocycles. The Balaban J connectivity index is 1.84. The fourth-order valence-corrected chi connectivity index (χ4v) is 3.01. The molecule has 1 fully saturated rings. The smallest absolute Gasteiger partial charge is 0.186 e. The topological polar surface area (TPSA) is 81.8 Å². The second kappa shape index (κ2) is 6.06. The lowest BCUT2D eigenvalue weighted by atomic mass is 9.87. The average molecular weight is 282 g/mol. The molecule has 0 bridgehead atoms. The van der Waals surface area contributed by atoms with Crippen molar-refractivity contribution in [1.82, 2.24) is 10.2 Å². The minimum Gasteiger partial charge on any atom is -0.393 e. The summed E-state index contributed by atoms with van der Waals surface area (Å²) in [5.41, 5.74) is 1.86. The van der Waals surface area contributed by atoms with E-state index in [0.717, 1.165) is 48.8 Å². The van der Waals surface area contributed by atoms with Crippen molar-refractivity contribution in [2.75, 3.05) is 11.9 Å². The molecule has 1 saturated carbocycles. The van der Waals surface area contributed by atoms with Gasteiger partial charge >= 0.3 is 0 Å². The van der Waals surface area contributed by atoms with Crippen LogP contribution in [0.4, 0.5) is 5.69 Å². The quantitative estimate of drug-likeness (QED) is 0.903. The van der Waals surface area contributed by atoms with Crippen molar-refractivity contribution < 1.29 is 5.11 Å². The Morgan fingerprint density at radius 1 is 1.29 bits per heavy atom. The molecule has 21 heavy (non-hydrogen) atoms. The van der Waals surface area contributed by atoms with Gasteiger partial charge in [-0.25, -0.2) is 0 Å². The van der Waals surface area contributed by atoms with E-state index in [1.54, 1.807) is 0 Å². The summed E-state index contributed by atoms with van der Waals surface area (Å²) in [5.74, 6) is 0.437. The van der Waals surface area contributed by atoms with E-state index >= 15 is 0 Å². The van der Waals surface area contributed by atoms with Gasteiger partial charge in [0.1, 0.15) is 6.07 Å². The summed E-state index contributed by atoms with van der Waals surface area (Å²) in [4.78, 5) is 0. The molecule has 0 amide bonds. The Labute approximate surface area is 123 Å². The lowest BCUT2D eigenvalue weighted by molar-refractivity contribution is 0.105. The van der Waals surface area contributed by atoms with Crippen molar-refractivity contribution in [2.45, 2.75) is 31.8 Å². The first-order valence-electron chi connectivity index (χ1n) is 7.35. The lowest BCUT2D eigenvalue weighted by Crippen LogP contribution is -2.25. The van der Waals surface area contributed by atoms with Gasteiger partial charge in [-0.3, -0.25) is 0 Å². The van der Waals surface area contributed by atoms with E-state index in [2.05, 4.69) is 21.6 Å². The molecule has 0 aliphatic heterocycles. The predicted octanol–water partition coefficient (Wildman–Crippen LogP) is 2.46. The van der Waals surface area contributed by atoms with Gasteiger partial charge in [0, 0.05) is 11.9 Å². The highest BCUT2D eigenvalue weighted by Crippen LogP contribution is 2.27. The van der Waals surface area contributed by atoms with Crippen LogP contribution in [0.5, 0.6) is 0 Å². The van der Waals surface area contributed by atoms with E-state index < -0.39 is 0 Å². The molecular formula is C16H18N4O. The number of rotatable bonds is 3. The number of nitriles is 1. The molecule has 2 unspecified atom stereocenters. The van der Waals surface area contributed by atoms with Crippen molar-refractivity contribution in [2.24, 2.45) is 5.92 Å². The summed E-state index contributed by atoms with van der Waals surface area (Å²) < 4.78 is 0. The van der Waals surface area contributed by atoms with Gasteiger partial charge in [0.15, 0.2) is 5.69 Å². The molecule has 1 heterocycles. The van der Waals surface area contributed by atoms with Crippen molar-refractivity contribution in [3.05, 3.63) is 30.0 Å². The Kier molecular flexibility index (Phi) is 3.98. The first-order valence-corrected chi connectivity index (χ1v) is 7.35. The number of benzene rings is 1. The molecule has 108 valence electrons. The highest BCUT2D eigenvalue weighted by Gasteiger charge is 2.20. The van der Waals surface area contributed by atoms with Crippen LogP contribution in [0.25, 0.3) is 10.9 Å². The summed E-state index contributed by atoms with van der Waals surface area (Å²) in [6, 6.07) is 9.77. The van der Waals surface area contributed by atoms with E-state index in [0.29, 0.717) is 11.6 Å². The lowest BCUT2D eigenvalue weighted by Gasteiger charge is -2.26. The fraction of sp³-hybridized carbons (Fsp3) is 0.438. The Bertz CT molecular complexity index is 680. The zero-order valence-electron chi connectivity index (χ0n) is 11.8. The molecule has 2 aromatic rings. The van der Waals surface area contributed by atoms with E-state index in [1.165, 1.54) is 0 Å². The molecule has 0 saturated heterocycles. The Hall–Kier alpha value is -2.19. The molecule has 1 aromatic heterocycles. The number of aliphatic hydroxyl groups excluding tert-OH is 1. The molecule has 0 radical (unpaired) electrons. The first kappa shape index (κ1) is 13.8. The largest absolute Gasteiger partial charge is 0.393 e. The van der Waals surface area contributed by atoms with E-state index in [4.69, 9.17) is 0 Å².